The molecule has 3 aliphatic heterocycles. The lowest BCUT2D eigenvalue weighted by molar-refractivity contribution is -0.355. The smallest absolute Gasteiger partial charge is 0.394 e. The monoisotopic (exact) mass is 743 g/mol. The van der Waals surface area contributed by atoms with Crippen LogP contribution in [0.4, 0.5) is 0 Å². The summed E-state index contributed by atoms with van der Waals surface area (Å²) in [5.74, 6) is 0. The molecule has 0 amide bonds. The Hall–Kier alpha value is -0.610. The van der Waals surface area contributed by atoms with Crippen LogP contribution in [0.15, 0.2) is 0 Å². The van der Waals surface area contributed by atoms with Gasteiger partial charge in [0.2, 0.25) is 0 Å². The average molecular weight is 744 g/mol. The molecule has 49 heavy (non-hydrogen) atoms. The third-order valence-electron chi connectivity index (χ3n) is 8.26. The van der Waals surface area contributed by atoms with Crippen LogP contribution in [0, 0.1) is 0 Å². The molecule has 3 rings (SSSR count). The molecule has 1 unspecified atom stereocenters. The van der Waals surface area contributed by atoms with Crippen LogP contribution in [0.2, 0.25) is 0 Å². The zero-order chi connectivity index (χ0) is 36.8. The van der Waals surface area contributed by atoms with Gasteiger partial charge in [0.15, 0.2) is 18.9 Å². The maximum absolute atomic E-state index is 13.0. The zero-order valence-electron chi connectivity index (χ0n) is 26.7. The van der Waals surface area contributed by atoms with Crippen LogP contribution in [0.1, 0.15) is 20.3 Å². The van der Waals surface area contributed by atoms with E-state index in [1.807, 2.05) is 0 Å². The maximum atomic E-state index is 13.0. The van der Waals surface area contributed by atoms with Gasteiger partial charge in [0.25, 0.3) is 0 Å². The number of aliphatic hydroxyl groups is 11. The summed E-state index contributed by atoms with van der Waals surface area (Å²) in [6.45, 7) is 0.0423. The van der Waals surface area contributed by atoms with Gasteiger partial charge in [-0.3, -0.25) is 9.05 Å². The van der Waals surface area contributed by atoms with E-state index in [1.54, 1.807) is 0 Å². The van der Waals surface area contributed by atoms with Gasteiger partial charge < -0.3 is 95.2 Å². The Kier molecular flexibility index (Phi) is 16.5. The van der Waals surface area contributed by atoms with Crippen LogP contribution in [0.25, 0.3) is 0 Å². The van der Waals surface area contributed by atoms with Crippen LogP contribution >= 0.6 is 7.82 Å². The fourth-order valence-corrected chi connectivity index (χ4v) is 6.21. The second-order valence-electron chi connectivity index (χ2n) is 11.9. The maximum Gasteiger partial charge on any atom is 0.472 e. The first-order valence-corrected chi connectivity index (χ1v) is 17.1. The molecule has 0 aromatic heterocycles. The summed E-state index contributed by atoms with van der Waals surface area (Å²) in [5.41, 5.74) is 5.42. The van der Waals surface area contributed by atoms with Gasteiger partial charge in [0.1, 0.15) is 79.4 Å². The first-order chi connectivity index (χ1) is 23.0. The molecule has 14 N–H and O–H groups in total. The van der Waals surface area contributed by atoms with Crippen molar-refractivity contribution in [2.24, 2.45) is 5.73 Å². The lowest BCUT2D eigenvalue weighted by Gasteiger charge is -2.46. The molecule has 0 saturated carbocycles. The summed E-state index contributed by atoms with van der Waals surface area (Å²) in [7, 11) is -5.37. The van der Waals surface area contributed by atoms with Crippen molar-refractivity contribution in [2.75, 3.05) is 33.0 Å². The summed E-state index contributed by atoms with van der Waals surface area (Å²) in [4.78, 5) is 10.5. The fraction of sp³-hybridized carbons (Fsp3) is 1.00. The van der Waals surface area contributed by atoms with Crippen LogP contribution in [-0.2, 0) is 42.0 Å². The van der Waals surface area contributed by atoms with Gasteiger partial charge in [-0.2, -0.15) is 0 Å². The van der Waals surface area contributed by atoms with Crippen molar-refractivity contribution in [3.8, 4) is 0 Å². The van der Waals surface area contributed by atoms with Gasteiger partial charge in [0.05, 0.1) is 38.6 Å². The summed E-state index contributed by atoms with van der Waals surface area (Å²) in [6.07, 6.45) is -30.2. The lowest BCUT2D eigenvalue weighted by atomic mass is 9.97. The van der Waals surface area contributed by atoms with Gasteiger partial charge in [-0.05, 0) is 26.8 Å². The van der Waals surface area contributed by atoms with E-state index in [0.29, 0.717) is 6.42 Å². The molecule has 0 aromatic rings. The van der Waals surface area contributed by atoms with E-state index in [9.17, 15) is 65.6 Å². The Morgan fingerprint density at radius 1 is 0.776 bits per heavy atom. The van der Waals surface area contributed by atoms with Crippen LogP contribution in [-0.4, -0.2) is 204 Å². The molecule has 3 saturated heterocycles. The highest BCUT2D eigenvalue weighted by Gasteiger charge is 2.52. The molecule has 22 nitrogen and oxygen atoms in total. The zero-order valence-corrected chi connectivity index (χ0v) is 27.6. The van der Waals surface area contributed by atoms with Crippen molar-refractivity contribution in [3.63, 3.8) is 0 Å². The van der Waals surface area contributed by atoms with E-state index in [4.69, 9.17) is 43.2 Å². The second-order valence-corrected chi connectivity index (χ2v) is 13.3. The molecule has 0 radical (unpaired) electrons. The predicted molar refractivity (Wildman–Crippen MR) is 156 cm³/mol. The Morgan fingerprint density at radius 2 is 1.39 bits per heavy atom. The SMILES string of the molecule is C[C@@H]1O[C@@H](O[C@H](COP(=O)(O)O[C@@H]2[C@@H](O)[C@H](C)O[C@H](O[C@H]3[C@H](O)[C@@H](O)[C@H](OCCCN)O[C@@H]3CO)[C@@H]2O)[C@H](O)[C@@H](O)CO)[C@H](O)[C@H](O)[C@H]1O. The molecule has 3 heterocycles. The molecule has 0 bridgehead atoms. The summed E-state index contributed by atoms with van der Waals surface area (Å²) in [6, 6.07) is 0. The van der Waals surface area contributed by atoms with Crippen molar-refractivity contribution in [1.82, 2.24) is 0 Å². The Labute approximate surface area is 280 Å². The van der Waals surface area contributed by atoms with Crippen molar-refractivity contribution in [1.29, 1.82) is 0 Å². The first kappa shape index (κ1) is 42.8. The normalized spacial score (nSPS) is 43.4. The molecular weight excluding hydrogens is 693 g/mol. The van der Waals surface area contributed by atoms with E-state index < -0.39 is 138 Å². The largest absolute Gasteiger partial charge is 0.472 e. The van der Waals surface area contributed by atoms with Crippen molar-refractivity contribution in [2.45, 2.75) is 131 Å². The van der Waals surface area contributed by atoms with Crippen LogP contribution in [0.3, 0.4) is 0 Å². The van der Waals surface area contributed by atoms with Crippen molar-refractivity contribution < 1.29 is 103 Å². The number of rotatable bonds is 17. The number of hydrogen-bond acceptors (Lipinski definition) is 21. The lowest BCUT2D eigenvalue weighted by Crippen LogP contribution is -2.64. The van der Waals surface area contributed by atoms with E-state index in [0.717, 1.165) is 0 Å². The Bertz CT molecular complexity index is 1030. The molecule has 23 heteroatoms. The highest BCUT2D eigenvalue weighted by Crippen LogP contribution is 2.47. The van der Waals surface area contributed by atoms with Crippen molar-refractivity contribution >= 4 is 7.82 Å². The molecule has 0 aromatic carbocycles. The standard InChI is InChI=1S/C26H50NO21P/c1-9-14(31)17(34)19(36)25(43-9)46-13(16(33)11(30)6-28)8-42-49(39,40)48-23-15(32)10(2)44-26(21(23)38)47-22-12(7-29)45-24(20(37)18(22)35)41-5-3-4-27/h9-26,28-38H,3-8,27H2,1-2H3,(H,39,40)/t9-,10-,11-,12+,13+,14-,15-,16+,17+,18+,19+,20+,21+,22+,23+,24+,25-,26+/m0/s1. The van der Waals surface area contributed by atoms with Gasteiger partial charge in [-0.15, -0.1) is 0 Å². The third kappa shape index (κ3) is 10.7. The molecule has 0 spiro atoms. The quantitative estimate of drug-likeness (QED) is 0.0486. The minimum Gasteiger partial charge on any atom is -0.394 e. The van der Waals surface area contributed by atoms with Crippen LogP contribution < -0.4 is 5.73 Å². The summed E-state index contributed by atoms with van der Waals surface area (Å²) in [5, 5.41) is 113. The number of phosphoric ester groups is 1. The Morgan fingerprint density at radius 3 is 2.00 bits per heavy atom. The van der Waals surface area contributed by atoms with Gasteiger partial charge >= 0.3 is 7.82 Å². The molecular formula is C26H50NO21P. The van der Waals surface area contributed by atoms with Crippen LogP contribution in [0.5, 0.6) is 0 Å². The first-order valence-electron chi connectivity index (χ1n) is 15.6. The fourth-order valence-electron chi connectivity index (χ4n) is 5.25. The van der Waals surface area contributed by atoms with Gasteiger partial charge in [0, 0.05) is 0 Å². The highest BCUT2D eigenvalue weighted by atomic mass is 31.2. The second kappa shape index (κ2) is 18.9. The minimum atomic E-state index is -5.37. The van der Waals surface area contributed by atoms with E-state index in [2.05, 4.69) is 0 Å². The molecule has 3 aliphatic rings. The summed E-state index contributed by atoms with van der Waals surface area (Å²) < 4.78 is 55.6. The molecule has 290 valence electrons. The third-order valence-corrected chi connectivity index (χ3v) is 9.25. The number of nitrogens with two attached hydrogens (primary N) is 1. The molecule has 19 atom stereocenters. The average Bonchev–Trinajstić information content (AvgIpc) is 3.07. The predicted octanol–water partition coefficient (Wildman–Crippen LogP) is -6.93. The number of phosphoric acid groups is 1. The number of ether oxygens (including phenoxy) is 6. The summed E-state index contributed by atoms with van der Waals surface area (Å²) >= 11 is 0. The number of hydrogen-bond donors (Lipinski definition) is 13. The van der Waals surface area contributed by atoms with Gasteiger partial charge in [-0.25, -0.2) is 4.57 Å². The van der Waals surface area contributed by atoms with E-state index >= 15 is 0 Å². The van der Waals surface area contributed by atoms with Crippen molar-refractivity contribution in [3.05, 3.63) is 0 Å². The molecule has 0 aliphatic carbocycles. The minimum absolute atomic E-state index is 0.0629. The van der Waals surface area contributed by atoms with E-state index in [-0.39, 0.29) is 13.2 Å². The Balaban J connectivity index is 1.71. The van der Waals surface area contributed by atoms with Gasteiger partial charge in [-0.1, -0.05) is 0 Å². The molecule has 3 fully saturated rings. The topological polar surface area (TPSA) is 360 Å². The number of aliphatic hydroxyl groups excluding tert-OH is 11. The highest BCUT2D eigenvalue weighted by molar-refractivity contribution is 7.47. The van der Waals surface area contributed by atoms with E-state index in [1.165, 1.54) is 13.8 Å².